The van der Waals surface area contributed by atoms with Crippen LogP contribution in [0.25, 0.3) is 21.5 Å². The second-order valence-corrected chi connectivity index (χ2v) is 10.1. The summed E-state index contributed by atoms with van der Waals surface area (Å²) in [5.74, 6) is 2.21. The number of esters is 1. The minimum absolute atomic E-state index is 0.201. The Kier molecular flexibility index (Phi) is 6.02. The zero-order valence-corrected chi connectivity index (χ0v) is 22.9. The fourth-order valence-electron chi connectivity index (χ4n) is 5.86. The molecule has 0 aromatic heterocycles. The van der Waals surface area contributed by atoms with Gasteiger partial charge in [-0.1, -0.05) is 38.1 Å². The second kappa shape index (κ2) is 9.42. The van der Waals surface area contributed by atoms with Crippen LogP contribution in [0.5, 0.6) is 23.0 Å². The quantitative estimate of drug-likeness (QED) is 0.227. The van der Waals surface area contributed by atoms with Gasteiger partial charge in [-0.15, -0.1) is 0 Å². The molecule has 1 atom stereocenters. The van der Waals surface area contributed by atoms with E-state index >= 15 is 0 Å². The number of carbonyl (C=O) groups excluding carboxylic acids is 1. The number of ether oxygens (including phenoxy) is 5. The van der Waals surface area contributed by atoms with Crippen molar-refractivity contribution < 1.29 is 28.5 Å². The maximum Gasteiger partial charge on any atom is 0.337 e. The van der Waals surface area contributed by atoms with Crippen LogP contribution in [0, 0.1) is 0 Å². The minimum atomic E-state index is -0.342. The van der Waals surface area contributed by atoms with Gasteiger partial charge < -0.3 is 29.0 Å². The van der Waals surface area contributed by atoms with Crippen molar-refractivity contribution in [1.82, 2.24) is 0 Å². The third-order valence-corrected chi connectivity index (χ3v) is 7.85. The SMILES string of the molecule is COc1cc2c3c(c4cc(OC)c(OC)cc4c2cc1OC)C(c1ccc(C(C)C)cc1)C1=C(COC1=O)N3. The number of benzene rings is 4. The lowest BCUT2D eigenvalue weighted by Gasteiger charge is -2.31. The monoisotopic (exact) mass is 525 g/mol. The Hall–Kier alpha value is -4.39. The highest BCUT2D eigenvalue weighted by molar-refractivity contribution is 6.19. The number of hydrogen-bond acceptors (Lipinski definition) is 7. The van der Waals surface area contributed by atoms with Gasteiger partial charge in [0.05, 0.1) is 45.4 Å². The molecule has 0 amide bonds. The molecule has 1 N–H and O–H groups in total. The highest BCUT2D eigenvalue weighted by Crippen LogP contribution is 2.53. The van der Waals surface area contributed by atoms with Crippen LogP contribution in [0.2, 0.25) is 0 Å². The molecule has 0 aliphatic carbocycles. The normalized spacial score (nSPS) is 16.2. The molecule has 2 aliphatic rings. The molecule has 0 radical (unpaired) electrons. The standard InChI is InChI=1S/C32H31NO6/c1-16(2)17-7-9-18(10-8-17)28-29-21-13-26(37-5)24(35-3)11-19(21)20-12-25(36-4)27(38-6)14-22(20)31(29)33-23-15-39-32(34)30(23)28/h7-14,16,28,33H,15H2,1-6H3. The van der Waals surface area contributed by atoms with Crippen molar-refractivity contribution in [3.8, 4) is 23.0 Å². The van der Waals surface area contributed by atoms with Gasteiger partial charge in [0.2, 0.25) is 0 Å². The number of fused-ring (bicyclic) bond motifs is 6. The molecule has 0 spiro atoms. The molecule has 0 bridgehead atoms. The van der Waals surface area contributed by atoms with E-state index in [0.29, 0.717) is 34.5 Å². The first-order valence-corrected chi connectivity index (χ1v) is 12.9. The fourth-order valence-corrected chi connectivity index (χ4v) is 5.86. The topological polar surface area (TPSA) is 75.2 Å². The molecule has 1 unspecified atom stereocenters. The van der Waals surface area contributed by atoms with Crippen LogP contribution < -0.4 is 24.3 Å². The van der Waals surface area contributed by atoms with Crippen molar-refractivity contribution in [2.45, 2.75) is 25.7 Å². The molecule has 2 aliphatic heterocycles. The lowest BCUT2D eigenvalue weighted by atomic mass is 9.77. The number of anilines is 1. The second-order valence-electron chi connectivity index (χ2n) is 10.1. The molecule has 6 rings (SSSR count). The zero-order valence-electron chi connectivity index (χ0n) is 22.9. The molecular formula is C32H31NO6. The van der Waals surface area contributed by atoms with Crippen molar-refractivity contribution in [3.63, 3.8) is 0 Å². The molecule has 0 saturated heterocycles. The van der Waals surface area contributed by atoms with E-state index in [-0.39, 0.29) is 18.5 Å². The van der Waals surface area contributed by atoms with Gasteiger partial charge in [0.1, 0.15) is 6.61 Å². The van der Waals surface area contributed by atoms with Crippen molar-refractivity contribution >= 4 is 33.2 Å². The molecule has 4 aromatic rings. The highest BCUT2D eigenvalue weighted by Gasteiger charge is 2.40. The summed E-state index contributed by atoms with van der Waals surface area (Å²) < 4.78 is 28.3. The number of carbonyl (C=O) groups is 1. The first-order chi connectivity index (χ1) is 18.9. The Labute approximate surface area is 227 Å². The highest BCUT2D eigenvalue weighted by atomic mass is 16.5. The van der Waals surface area contributed by atoms with E-state index in [1.54, 1.807) is 28.4 Å². The van der Waals surface area contributed by atoms with E-state index in [0.717, 1.165) is 44.1 Å². The van der Waals surface area contributed by atoms with E-state index in [9.17, 15) is 4.79 Å². The Morgan fingerprint density at radius 3 is 1.82 bits per heavy atom. The van der Waals surface area contributed by atoms with Crippen molar-refractivity contribution in [3.05, 3.63) is 76.5 Å². The summed E-state index contributed by atoms with van der Waals surface area (Å²) >= 11 is 0. The maximum absolute atomic E-state index is 13.2. The number of nitrogens with one attached hydrogen (secondary N) is 1. The average molecular weight is 526 g/mol. The fraction of sp³-hybridized carbons (Fsp3) is 0.281. The van der Waals surface area contributed by atoms with E-state index in [1.807, 2.05) is 24.3 Å². The van der Waals surface area contributed by atoms with Gasteiger partial charge in [0.25, 0.3) is 0 Å². The van der Waals surface area contributed by atoms with Crippen molar-refractivity contribution in [2.75, 3.05) is 40.4 Å². The third-order valence-electron chi connectivity index (χ3n) is 7.85. The predicted molar refractivity (Wildman–Crippen MR) is 152 cm³/mol. The smallest absolute Gasteiger partial charge is 0.337 e. The Balaban J connectivity index is 1.76. The summed E-state index contributed by atoms with van der Waals surface area (Å²) in [5, 5.41) is 7.36. The molecule has 7 nitrogen and oxygen atoms in total. The first kappa shape index (κ1) is 24.9. The molecule has 0 fully saturated rings. The van der Waals surface area contributed by atoms with Gasteiger partial charge in [0.15, 0.2) is 23.0 Å². The molecule has 0 saturated carbocycles. The molecule has 2 heterocycles. The van der Waals surface area contributed by atoms with Gasteiger partial charge >= 0.3 is 5.97 Å². The third kappa shape index (κ3) is 3.75. The Morgan fingerprint density at radius 2 is 1.28 bits per heavy atom. The lowest BCUT2D eigenvalue weighted by Crippen LogP contribution is -2.20. The Morgan fingerprint density at radius 1 is 0.769 bits per heavy atom. The van der Waals surface area contributed by atoms with Crippen LogP contribution in [0.4, 0.5) is 5.69 Å². The van der Waals surface area contributed by atoms with Gasteiger partial charge in [-0.3, -0.25) is 0 Å². The van der Waals surface area contributed by atoms with E-state index in [2.05, 4.69) is 43.4 Å². The molecular weight excluding hydrogens is 494 g/mol. The molecule has 7 heteroatoms. The zero-order chi connectivity index (χ0) is 27.4. The van der Waals surface area contributed by atoms with Crippen LogP contribution in [0.3, 0.4) is 0 Å². The first-order valence-electron chi connectivity index (χ1n) is 12.9. The summed E-state index contributed by atoms with van der Waals surface area (Å²) in [4.78, 5) is 13.2. The molecule has 39 heavy (non-hydrogen) atoms. The van der Waals surface area contributed by atoms with E-state index < -0.39 is 0 Å². The largest absolute Gasteiger partial charge is 0.493 e. The van der Waals surface area contributed by atoms with Crippen molar-refractivity contribution in [1.29, 1.82) is 0 Å². The molecule has 4 aromatic carbocycles. The van der Waals surface area contributed by atoms with E-state index in [1.165, 1.54) is 5.56 Å². The van der Waals surface area contributed by atoms with Crippen LogP contribution in [0.1, 0.15) is 42.4 Å². The Bertz CT molecular complexity index is 1670. The summed E-state index contributed by atoms with van der Waals surface area (Å²) in [6.45, 7) is 4.54. The van der Waals surface area contributed by atoms with Crippen LogP contribution in [-0.4, -0.2) is 41.0 Å². The average Bonchev–Trinajstić information content (AvgIpc) is 3.34. The maximum atomic E-state index is 13.2. The van der Waals surface area contributed by atoms with Gasteiger partial charge in [-0.05, 0) is 63.0 Å². The number of cyclic esters (lactones) is 1. The summed E-state index contributed by atoms with van der Waals surface area (Å²) in [7, 11) is 6.50. The number of hydrogen-bond donors (Lipinski definition) is 1. The van der Waals surface area contributed by atoms with Crippen molar-refractivity contribution in [2.24, 2.45) is 0 Å². The summed E-state index contributed by atoms with van der Waals surface area (Å²) in [6, 6.07) is 16.5. The lowest BCUT2D eigenvalue weighted by molar-refractivity contribution is -0.136. The molecule has 200 valence electrons. The van der Waals surface area contributed by atoms with Crippen LogP contribution in [-0.2, 0) is 9.53 Å². The summed E-state index contributed by atoms with van der Waals surface area (Å²) in [5.41, 5.74) is 5.55. The summed E-state index contributed by atoms with van der Waals surface area (Å²) in [6.07, 6.45) is 0. The van der Waals surface area contributed by atoms with Gasteiger partial charge in [0, 0.05) is 11.3 Å². The predicted octanol–water partition coefficient (Wildman–Crippen LogP) is 6.52. The number of methoxy groups -OCH3 is 4. The number of rotatable bonds is 6. The van der Waals surface area contributed by atoms with Crippen LogP contribution >= 0.6 is 0 Å². The van der Waals surface area contributed by atoms with Crippen LogP contribution in [0.15, 0.2) is 59.8 Å². The van der Waals surface area contributed by atoms with E-state index in [4.69, 9.17) is 23.7 Å². The minimum Gasteiger partial charge on any atom is -0.493 e. The van der Waals surface area contributed by atoms with Gasteiger partial charge in [-0.25, -0.2) is 4.79 Å². The van der Waals surface area contributed by atoms with Gasteiger partial charge in [-0.2, -0.15) is 0 Å².